The van der Waals surface area contributed by atoms with Gasteiger partial charge < -0.3 is 13.5 Å². The summed E-state index contributed by atoms with van der Waals surface area (Å²) >= 11 is 0. The van der Waals surface area contributed by atoms with Crippen LogP contribution in [0.5, 0.6) is 0 Å². The molecule has 26 heavy (non-hydrogen) atoms. The molecule has 2 aromatic carbocycles. The highest BCUT2D eigenvalue weighted by atomic mass is 31.2. The van der Waals surface area contributed by atoms with E-state index in [2.05, 4.69) is 18.0 Å². The average Bonchev–Trinajstić information content (AvgIpc) is 3.06. The molecule has 0 saturated heterocycles. The van der Waals surface area contributed by atoms with E-state index in [1.54, 1.807) is 0 Å². The fourth-order valence-corrected chi connectivity index (χ4v) is 4.61. The second-order valence-electron chi connectivity index (χ2n) is 5.94. The Kier molecular flexibility index (Phi) is 5.92. The van der Waals surface area contributed by atoms with E-state index in [-0.39, 0.29) is 6.16 Å². The van der Waals surface area contributed by atoms with Gasteiger partial charge in [-0.3, -0.25) is 4.57 Å². The summed E-state index contributed by atoms with van der Waals surface area (Å²) in [7, 11) is -3.10. The number of aryl methyl sites for hydroxylation is 1. The fraction of sp³-hybridized carbons (Fsp3) is 0.350. The fourth-order valence-electron chi connectivity index (χ4n) is 2.91. The predicted octanol–water partition coefficient (Wildman–Crippen LogP) is 5.82. The molecule has 3 aromatic rings. The van der Waals surface area contributed by atoms with Crippen molar-refractivity contribution >= 4 is 18.7 Å². The zero-order valence-corrected chi connectivity index (χ0v) is 16.3. The zero-order valence-electron chi connectivity index (χ0n) is 15.4. The molecular formula is C20H24NO4P. The maximum absolute atomic E-state index is 12.7. The molecule has 0 spiro atoms. The van der Waals surface area contributed by atoms with Crippen LogP contribution in [0.25, 0.3) is 22.6 Å². The molecule has 0 aliphatic heterocycles. The van der Waals surface area contributed by atoms with Crippen molar-refractivity contribution in [2.24, 2.45) is 0 Å². The highest BCUT2D eigenvalue weighted by molar-refractivity contribution is 7.53. The third-order valence-corrected chi connectivity index (χ3v) is 6.17. The average molecular weight is 373 g/mol. The van der Waals surface area contributed by atoms with E-state index in [1.807, 2.05) is 50.2 Å². The smallest absolute Gasteiger partial charge is 0.335 e. The third kappa shape index (κ3) is 4.07. The Balaban J connectivity index is 1.84. The van der Waals surface area contributed by atoms with E-state index in [1.165, 1.54) is 5.56 Å². The van der Waals surface area contributed by atoms with Gasteiger partial charge in [0.25, 0.3) is 0 Å². The lowest BCUT2D eigenvalue weighted by atomic mass is 10.1. The Morgan fingerprint density at radius 3 is 2.31 bits per heavy atom. The summed E-state index contributed by atoms with van der Waals surface area (Å²) < 4.78 is 29.3. The molecule has 0 radical (unpaired) electrons. The first-order chi connectivity index (χ1) is 12.6. The first kappa shape index (κ1) is 18.8. The summed E-state index contributed by atoms with van der Waals surface area (Å²) in [6.07, 6.45) is 1.16. The maximum atomic E-state index is 12.7. The van der Waals surface area contributed by atoms with Crippen LogP contribution in [0.3, 0.4) is 0 Å². The van der Waals surface area contributed by atoms with E-state index < -0.39 is 7.60 Å². The first-order valence-corrected chi connectivity index (χ1v) is 10.7. The van der Waals surface area contributed by atoms with Gasteiger partial charge in [0, 0.05) is 5.56 Å². The summed E-state index contributed by atoms with van der Waals surface area (Å²) in [5.74, 6) is 0.588. The van der Waals surface area contributed by atoms with Gasteiger partial charge in [-0.1, -0.05) is 31.2 Å². The van der Waals surface area contributed by atoms with Gasteiger partial charge in [0.2, 0.25) is 5.89 Å². The Hall–Kier alpha value is -1.94. The molecule has 0 N–H and O–H groups in total. The van der Waals surface area contributed by atoms with Crippen LogP contribution >= 0.6 is 7.60 Å². The van der Waals surface area contributed by atoms with Crippen LogP contribution in [-0.4, -0.2) is 18.2 Å². The quantitative estimate of drug-likeness (QED) is 0.465. The van der Waals surface area contributed by atoms with Gasteiger partial charge in [-0.2, -0.15) is 0 Å². The normalized spacial score (nSPS) is 12.0. The van der Waals surface area contributed by atoms with E-state index in [9.17, 15) is 4.57 Å². The van der Waals surface area contributed by atoms with Crippen LogP contribution in [0.15, 0.2) is 46.9 Å². The lowest BCUT2D eigenvalue weighted by Gasteiger charge is -2.16. The van der Waals surface area contributed by atoms with Crippen molar-refractivity contribution < 1.29 is 18.0 Å². The topological polar surface area (TPSA) is 61.6 Å². The van der Waals surface area contributed by atoms with E-state index in [0.717, 1.165) is 28.6 Å². The summed E-state index contributed by atoms with van der Waals surface area (Å²) in [5, 5.41) is 0. The molecule has 0 unspecified atom stereocenters. The predicted molar refractivity (Wildman–Crippen MR) is 103 cm³/mol. The lowest BCUT2D eigenvalue weighted by molar-refractivity contribution is 0.219. The zero-order chi connectivity index (χ0) is 18.6. The molecule has 0 amide bonds. The van der Waals surface area contributed by atoms with Gasteiger partial charge in [-0.05, 0) is 49.6 Å². The summed E-state index contributed by atoms with van der Waals surface area (Å²) in [6, 6.07) is 13.7. The number of para-hydroxylation sites is 1. The molecule has 1 aromatic heterocycles. The molecule has 0 saturated carbocycles. The number of hydrogen-bond acceptors (Lipinski definition) is 5. The number of aromatic nitrogens is 1. The Bertz CT molecular complexity index is 907. The second-order valence-corrected chi connectivity index (χ2v) is 7.99. The SMILES string of the molecule is CCOP(=O)(Cc1ccc(-c2nc3c(CC)cccc3o2)cc1)OCC. The number of rotatable bonds is 8. The van der Waals surface area contributed by atoms with Crippen molar-refractivity contribution in [3.05, 3.63) is 53.6 Å². The van der Waals surface area contributed by atoms with E-state index in [4.69, 9.17) is 13.5 Å². The molecule has 0 aliphatic rings. The van der Waals surface area contributed by atoms with E-state index >= 15 is 0 Å². The Labute approximate surface area is 153 Å². The Morgan fingerprint density at radius 2 is 1.69 bits per heavy atom. The van der Waals surface area contributed by atoms with Gasteiger partial charge in [-0.25, -0.2) is 4.98 Å². The van der Waals surface area contributed by atoms with Gasteiger partial charge in [0.05, 0.1) is 19.4 Å². The number of fused-ring (bicyclic) bond motifs is 1. The van der Waals surface area contributed by atoms with Crippen LogP contribution in [0.1, 0.15) is 31.9 Å². The van der Waals surface area contributed by atoms with Crippen molar-refractivity contribution in [1.29, 1.82) is 0 Å². The van der Waals surface area contributed by atoms with Crippen LogP contribution in [0.4, 0.5) is 0 Å². The standard InChI is InChI=1S/C20H24NO4P/c1-4-16-8-7-9-18-19(16)21-20(25-18)17-12-10-15(11-13-17)14-26(22,23-5-2)24-6-3/h7-13H,4-6,14H2,1-3H3. The highest BCUT2D eigenvalue weighted by Crippen LogP contribution is 2.51. The molecule has 6 heteroatoms. The van der Waals surface area contributed by atoms with Crippen molar-refractivity contribution in [2.45, 2.75) is 33.4 Å². The van der Waals surface area contributed by atoms with Gasteiger partial charge in [-0.15, -0.1) is 0 Å². The molecule has 3 rings (SSSR count). The number of benzene rings is 2. The number of hydrogen-bond donors (Lipinski definition) is 0. The minimum absolute atomic E-state index is 0.252. The van der Waals surface area contributed by atoms with E-state index in [0.29, 0.717) is 19.1 Å². The number of oxazole rings is 1. The minimum Gasteiger partial charge on any atom is -0.436 e. The molecule has 0 bridgehead atoms. The molecule has 0 aliphatic carbocycles. The van der Waals surface area contributed by atoms with Crippen molar-refractivity contribution in [1.82, 2.24) is 4.98 Å². The van der Waals surface area contributed by atoms with Crippen molar-refractivity contribution in [2.75, 3.05) is 13.2 Å². The van der Waals surface area contributed by atoms with Crippen molar-refractivity contribution in [3.63, 3.8) is 0 Å². The van der Waals surface area contributed by atoms with Gasteiger partial charge in [0.15, 0.2) is 5.58 Å². The first-order valence-electron chi connectivity index (χ1n) is 8.94. The van der Waals surface area contributed by atoms with Crippen LogP contribution < -0.4 is 0 Å². The third-order valence-electron chi connectivity index (χ3n) is 4.11. The lowest BCUT2D eigenvalue weighted by Crippen LogP contribution is -1.99. The molecule has 0 fully saturated rings. The minimum atomic E-state index is -3.10. The summed E-state index contributed by atoms with van der Waals surface area (Å²) in [6.45, 7) is 6.45. The summed E-state index contributed by atoms with van der Waals surface area (Å²) in [4.78, 5) is 4.65. The molecule has 0 atom stereocenters. The number of nitrogens with zero attached hydrogens (tertiary/aromatic N) is 1. The second kappa shape index (κ2) is 8.17. The monoisotopic (exact) mass is 373 g/mol. The van der Waals surface area contributed by atoms with Gasteiger partial charge in [0.1, 0.15) is 5.52 Å². The largest absolute Gasteiger partial charge is 0.436 e. The highest BCUT2D eigenvalue weighted by Gasteiger charge is 2.24. The molecular weight excluding hydrogens is 349 g/mol. The van der Waals surface area contributed by atoms with Crippen LogP contribution in [0, 0.1) is 0 Å². The Morgan fingerprint density at radius 1 is 1.00 bits per heavy atom. The maximum Gasteiger partial charge on any atom is 0.335 e. The summed E-state index contributed by atoms with van der Waals surface area (Å²) in [5.41, 5.74) is 4.65. The molecule has 5 nitrogen and oxygen atoms in total. The van der Waals surface area contributed by atoms with Crippen LogP contribution in [0.2, 0.25) is 0 Å². The molecule has 138 valence electrons. The van der Waals surface area contributed by atoms with Crippen LogP contribution in [-0.2, 0) is 26.2 Å². The van der Waals surface area contributed by atoms with Gasteiger partial charge >= 0.3 is 7.60 Å². The molecule has 1 heterocycles. The van der Waals surface area contributed by atoms with Crippen molar-refractivity contribution in [3.8, 4) is 11.5 Å².